The van der Waals surface area contributed by atoms with Crippen LogP contribution in [0.2, 0.25) is 5.02 Å². The molecule has 0 aromatic heterocycles. The van der Waals surface area contributed by atoms with Crippen molar-refractivity contribution in [2.24, 2.45) is 11.8 Å². The van der Waals surface area contributed by atoms with E-state index < -0.39 is 6.04 Å². The predicted molar refractivity (Wildman–Crippen MR) is 113 cm³/mol. The van der Waals surface area contributed by atoms with E-state index in [0.29, 0.717) is 5.92 Å². The fourth-order valence-corrected chi connectivity index (χ4v) is 4.64. The second-order valence-electron chi connectivity index (χ2n) is 8.72. The third-order valence-electron chi connectivity index (χ3n) is 6.35. The van der Waals surface area contributed by atoms with Gasteiger partial charge in [-0.05, 0) is 55.2 Å². The van der Waals surface area contributed by atoms with E-state index in [1.807, 2.05) is 30.9 Å². The second-order valence-corrected chi connectivity index (χ2v) is 9.15. The quantitative estimate of drug-likeness (QED) is 0.768. The third kappa shape index (κ3) is 5.28. The van der Waals surface area contributed by atoms with E-state index in [1.54, 1.807) is 0 Å². The molecule has 1 atom stereocenters. The molecule has 1 saturated heterocycles. The number of amides is 2. The van der Waals surface area contributed by atoms with Crippen molar-refractivity contribution in [1.82, 2.24) is 10.2 Å². The highest BCUT2D eigenvalue weighted by Gasteiger charge is 2.33. The Morgan fingerprint density at radius 1 is 1.00 bits per heavy atom. The lowest BCUT2D eigenvalue weighted by molar-refractivity contribution is -0.139. The monoisotopic (exact) mass is 404 g/mol. The van der Waals surface area contributed by atoms with Crippen molar-refractivity contribution in [2.45, 2.75) is 70.8 Å². The molecule has 2 aliphatic rings. The van der Waals surface area contributed by atoms with Gasteiger partial charge in [0.15, 0.2) is 0 Å². The Morgan fingerprint density at radius 2 is 1.61 bits per heavy atom. The van der Waals surface area contributed by atoms with E-state index in [0.717, 1.165) is 56.6 Å². The number of hydrogen-bond acceptors (Lipinski definition) is 2. The van der Waals surface area contributed by atoms with Crippen molar-refractivity contribution in [3.63, 3.8) is 0 Å². The summed E-state index contributed by atoms with van der Waals surface area (Å²) in [7, 11) is 0. The summed E-state index contributed by atoms with van der Waals surface area (Å²) in [6.45, 7) is 5.53. The molecule has 1 aromatic rings. The van der Waals surface area contributed by atoms with Crippen LogP contribution in [0.4, 0.5) is 0 Å². The van der Waals surface area contributed by atoms with Crippen LogP contribution in [0.25, 0.3) is 0 Å². The number of nitrogens with one attached hydrogen (secondary N) is 1. The molecule has 0 bridgehead atoms. The van der Waals surface area contributed by atoms with Gasteiger partial charge < -0.3 is 10.2 Å². The van der Waals surface area contributed by atoms with Crippen LogP contribution in [0.3, 0.4) is 0 Å². The minimum absolute atomic E-state index is 0.0720. The summed E-state index contributed by atoms with van der Waals surface area (Å²) < 4.78 is 0. The van der Waals surface area contributed by atoms with Gasteiger partial charge in [-0.15, -0.1) is 0 Å². The fourth-order valence-electron chi connectivity index (χ4n) is 4.51. The Morgan fingerprint density at radius 3 is 2.18 bits per heavy atom. The van der Waals surface area contributed by atoms with Crippen molar-refractivity contribution in [2.75, 3.05) is 13.1 Å². The molecule has 2 amide bonds. The van der Waals surface area contributed by atoms with Gasteiger partial charge in [-0.2, -0.15) is 0 Å². The zero-order chi connectivity index (χ0) is 20.1. The molecule has 5 heteroatoms. The summed E-state index contributed by atoms with van der Waals surface area (Å²) in [4.78, 5) is 27.8. The van der Waals surface area contributed by atoms with Crippen LogP contribution < -0.4 is 5.32 Å². The largest absolute Gasteiger partial charge is 0.344 e. The number of piperidine rings is 1. The van der Waals surface area contributed by atoms with Gasteiger partial charge in [-0.1, -0.05) is 56.8 Å². The highest BCUT2D eigenvalue weighted by Crippen LogP contribution is 2.29. The van der Waals surface area contributed by atoms with E-state index in [1.165, 1.54) is 12.0 Å². The molecule has 1 N–H and O–H groups in total. The van der Waals surface area contributed by atoms with Crippen molar-refractivity contribution < 1.29 is 9.59 Å². The lowest BCUT2D eigenvalue weighted by atomic mass is 9.87. The molecule has 4 nitrogen and oxygen atoms in total. The lowest BCUT2D eigenvalue weighted by Crippen LogP contribution is -2.54. The van der Waals surface area contributed by atoms with E-state index >= 15 is 0 Å². The number of carbonyl (C=O) groups is 2. The van der Waals surface area contributed by atoms with Crippen LogP contribution in [0.5, 0.6) is 0 Å². The fraction of sp³-hybridized carbons (Fsp3) is 0.652. The van der Waals surface area contributed by atoms with E-state index in [-0.39, 0.29) is 23.7 Å². The summed E-state index contributed by atoms with van der Waals surface area (Å²) in [5, 5.41) is 3.84. The Kier molecular flexibility index (Phi) is 7.39. The van der Waals surface area contributed by atoms with Gasteiger partial charge in [0.05, 0.1) is 0 Å². The molecule has 154 valence electrons. The van der Waals surface area contributed by atoms with Crippen molar-refractivity contribution in [3.05, 3.63) is 34.9 Å². The number of rotatable bonds is 5. The first-order valence-electron chi connectivity index (χ1n) is 10.8. The summed E-state index contributed by atoms with van der Waals surface area (Å²) >= 11 is 5.99. The topological polar surface area (TPSA) is 49.4 Å². The van der Waals surface area contributed by atoms with Gasteiger partial charge >= 0.3 is 0 Å². The number of hydrogen-bond donors (Lipinski definition) is 1. The maximum Gasteiger partial charge on any atom is 0.245 e. The third-order valence-corrected chi connectivity index (χ3v) is 6.61. The molecule has 0 spiro atoms. The standard InChI is InChI=1S/C23H33ClN2O2/c1-16(2)21(25-22(27)19-6-4-3-5-7-19)23(28)26-14-12-18(13-15-26)17-8-10-20(24)11-9-17/h8-11,16,18-19,21H,3-7,12-15H2,1-2H3,(H,25,27). The van der Waals surface area contributed by atoms with E-state index in [4.69, 9.17) is 11.6 Å². The summed E-state index contributed by atoms with van der Waals surface area (Å²) in [5.74, 6) is 0.791. The maximum absolute atomic E-state index is 13.1. The highest BCUT2D eigenvalue weighted by molar-refractivity contribution is 6.30. The Hall–Kier alpha value is -1.55. The molecule has 1 heterocycles. The smallest absolute Gasteiger partial charge is 0.245 e. The molecule has 1 aliphatic carbocycles. The number of likely N-dealkylation sites (tertiary alicyclic amines) is 1. The van der Waals surface area contributed by atoms with Gasteiger partial charge in [0.25, 0.3) is 0 Å². The maximum atomic E-state index is 13.1. The molecule has 1 saturated carbocycles. The molecular formula is C23H33ClN2O2. The Balaban J connectivity index is 1.56. The van der Waals surface area contributed by atoms with Gasteiger partial charge in [0.1, 0.15) is 6.04 Å². The molecule has 1 aliphatic heterocycles. The summed E-state index contributed by atoms with van der Waals surface area (Å²) in [6.07, 6.45) is 7.28. The van der Waals surface area contributed by atoms with Crippen molar-refractivity contribution in [1.29, 1.82) is 0 Å². The average molecular weight is 405 g/mol. The molecule has 1 unspecified atom stereocenters. The lowest BCUT2D eigenvalue weighted by Gasteiger charge is -2.36. The number of carbonyl (C=O) groups excluding carboxylic acids is 2. The minimum atomic E-state index is -0.415. The molecule has 3 rings (SSSR count). The van der Waals surface area contributed by atoms with Gasteiger partial charge in [-0.3, -0.25) is 9.59 Å². The van der Waals surface area contributed by atoms with Crippen LogP contribution in [0, 0.1) is 11.8 Å². The zero-order valence-electron chi connectivity index (χ0n) is 17.1. The van der Waals surface area contributed by atoms with Crippen LogP contribution >= 0.6 is 11.6 Å². The SMILES string of the molecule is CC(C)C(NC(=O)C1CCCCC1)C(=O)N1CCC(c2ccc(Cl)cc2)CC1. The Labute approximate surface area is 174 Å². The van der Waals surface area contributed by atoms with Crippen LogP contribution in [0.15, 0.2) is 24.3 Å². The molecule has 0 radical (unpaired) electrons. The van der Waals surface area contributed by atoms with Crippen LogP contribution in [-0.4, -0.2) is 35.8 Å². The normalized spacial score (nSPS) is 20.2. The van der Waals surface area contributed by atoms with Crippen LogP contribution in [0.1, 0.15) is 70.3 Å². The van der Waals surface area contributed by atoms with Crippen molar-refractivity contribution >= 4 is 23.4 Å². The van der Waals surface area contributed by atoms with Gasteiger partial charge in [0, 0.05) is 24.0 Å². The number of benzene rings is 1. The minimum Gasteiger partial charge on any atom is -0.344 e. The second kappa shape index (κ2) is 9.78. The first-order valence-corrected chi connectivity index (χ1v) is 11.2. The molecule has 2 fully saturated rings. The first kappa shape index (κ1) is 21.2. The van der Waals surface area contributed by atoms with E-state index in [2.05, 4.69) is 17.4 Å². The summed E-state index contributed by atoms with van der Waals surface area (Å²) in [5.41, 5.74) is 1.29. The first-order chi connectivity index (χ1) is 13.5. The molecule has 1 aromatic carbocycles. The number of halogens is 1. The predicted octanol–water partition coefficient (Wildman–Crippen LogP) is 4.77. The average Bonchev–Trinajstić information content (AvgIpc) is 2.72. The van der Waals surface area contributed by atoms with Gasteiger partial charge in [0.2, 0.25) is 11.8 Å². The molecular weight excluding hydrogens is 372 g/mol. The zero-order valence-corrected chi connectivity index (χ0v) is 17.9. The molecule has 28 heavy (non-hydrogen) atoms. The van der Waals surface area contributed by atoms with Crippen LogP contribution in [-0.2, 0) is 9.59 Å². The highest BCUT2D eigenvalue weighted by atomic mass is 35.5. The van der Waals surface area contributed by atoms with Crippen molar-refractivity contribution in [3.8, 4) is 0 Å². The number of nitrogens with zero attached hydrogens (tertiary/aromatic N) is 1. The Bertz CT molecular complexity index is 660. The van der Waals surface area contributed by atoms with Gasteiger partial charge in [-0.25, -0.2) is 0 Å². The summed E-state index contributed by atoms with van der Waals surface area (Å²) in [6, 6.07) is 7.63. The van der Waals surface area contributed by atoms with E-state index in [9.17, 15) is 9.59 Å².